The van der Waals surface area contributed by atoms with Crippen LogP contribution < -0.4 is 5.32 Å². The molecule has 282 valence electrons. The summed E-state index contributed by atoms with van der Waals surface area (Å²) in [6.07, 6.45) is 4.77. The molecule has 0 radical (unpaired) electrons. The molecule has 0 unspecified atom stereocenters. The van der Waals surface area contributed by atoms with E-state index in [2.05, 4.69) is 26.1 Å². The third kappa shape index (κ3) is 7.46. The minimum Gasteiger partial charge on any atom is -0.455 e. The van der Waals surface area contributed by atoms with Crippen LogP contribution in [0.2, 0.25) is 0 Å². The number of aliphatic hydroxyl groups is 1. The molecule has 8 atom stereocenters. The first-order valence-corrected chi connectivity index (χ1v) is 19.3. The molecule has 5 aliphatic heterocycles. The van der Waals surface area contributed by atoms with Gasteiger partial charge in [-0.3, -0.25) is 24.1 Å². The number of carbonyl (C=O) groups is 4. The largest absolute Gasteiger partial charge is 0.455 e. The van der Waals surface area contributed by atoms with E-state index in [0.717, 1.165) is 18.7 Å². The van der Waals surface area contributed by atoms with Gasteiger partial charge in [-0.05, 0) is 37.0 Å². The quantitative estimate of drug-likeness (QED) is 0.306. The molecule has 5 aliphatic rings. The maximum absolute atomic E-state index is 15.2. The number of cyclic esters (lactones) is 1. The van der Waals surface area contributed by atoms with Crippen LogP contribution in [0.5, 0.6) is 0 Å². The smallest absolute Gasteiger partial charge is 0.313 e. The summed E-state index contributed by atoms with van der Waals surface area (Å²) in [5.74, 6) is -3.83. The van der Waals surface area contributed by atoms with Crippen LogP contribution >= 0.6 is 15.9 Å². The van der Waals surface area contributed by atoms with Gasteiger partial charge in [0.05, 0.1) is 37.8 Å². The monoisotopic (exact) mass is 790 g/mol. The predicted octanol–water partition coefficient (Wildman–Crippen LogP) is 2.76. The zero-order valence-electron chi connectivity index (χ0n) is 29.8. The van der Waals surface area contributed by atoms with E-state index < -0.39 is 66.3 Å². The van der Waals surface area contributed by atoms with Crippen molar-refractivity contribution >= 4 is 39.6 Å². The predicted molar refractivity (Wildman–Crippen MR) is 198 cm³/mol. The second kappa shape index (κ2) is 16.2. The van der Waals surface area contributed by atoms with Crippen molar-refractivity contribution in [2.75, 3.05) is 52.5 Å². The lowest BCUT2D eigenvalue weighted by atomic mass is 9.74. The van der Waals surface area contributed by atoms with E-state index >= 15 is 9.59 Å². The van der Waals surface area contributed by atoms with Crippen LogP contribution in [-0.2, 0) is 39.8 Å². The van der Waals surface area contributed by atoms with Crippen molar-refractivity contribution in [3.8, 4) is 0 Å². The molecule has 53 heavy (non-hydrogen) atoms. The number of benzene rings is 2. The van der Waals surface area contributed by atoms with Crippen molar-refractivity contribution in [3.63, 3.8) is 0 Å². The first kappa shape index (κ1) is 37.4. The number of hydrogen-bond acceptors (Lipinski definition) is 9. The van der Waals surface area contributed by atoms with E-state index in [1.807, 2.05) is 72.8 Å². The molecule has 3 fully saturated rings. The number of morpholine rings is 1. The van der Waals surface area contributed by atoms with Crippen molar-refractivity contribution in [2.45, 2.75) is 62.1 Å². The van der Waals surface area contributed by atoms with E-state index in [-0.39, 0.29) is 24.8 Å². The lowest BCUT2D eigenvalue weighted by Crippen LogP contribution is -2.59. The topological polar surface area (TPSA) is 138 Å². The number of ether oxygens (including phenoxy) is 3. The number of rotatable bonds is 8. The highest BCUT2D eigenvalue weighted by Crippen LogP contribution is 2.59. The maximum atomic E-state index is 15.2. The Labute approximate surface area is 318 Å². The van der Waals surface area contributed by atoms with Crippen LogP contribution in [0.4, 0.5) is 0 Å². The molecule has 1 spiro atoms. The fourth-order valence-corrected chi connectivity index (χ4v) is 9.26. The molecule has 2 N–H and O–H groups in total. The highest BCUT2D eigenvalue weighted by molar-refractivity contribution is 9.11. The lowest BCUT2D eigenvalue weighted by Gasteiger charge is -2.39. The number of amides is 3. The fraction of sp³-hybridized carbons (Fsp3) is 0.500. The van der Waals surface area contributed by atoms with Crippen molar-refractivity contribution in [1.29, 1.82) is 0 Å². The number of aliphatic hydroxyl groups excluding tert-OH is 1. The van der Waals surface area contributed by atoms with Crippen molar-refractivity contribution in [3.05, 3.63) is 94.5 Å². The summed E-state index contributed by atoms with van der Waals surface area (Å²) in [7, 11) is 0. The minimum absolute atomic E-state index is 0.199. The standard InChI is InChI=1S/C40H47BrN4O8/c1-26-34(28-13-7-3-8-14-28)52-39(50)32-33-37(48)45(29(25-46)23-27-11-5-2-6-12-27)36(40(33)24-30(41)35(32)53-40)38(49)44(16-10-4-9-15-31(47)42-26)18-17-43-19-21-51-22-20-43/h2-8,10-14,24,26,29,32-36,46H,9,15-23,25H2,1H3,(H,42,47)/b10-4-/t26-,29+,32+,33-,34+,35+,36+,40-/m0/s1. The summed E-state index contributed by atoms with van der Waals surface area (Å²) >= 11 is 3.64. The summed E-state index contributed by atoms with van der Waals surface area (Å²) in [6.45, 7) is 5.27. The van der Waals surface area contributed by atoms with Crippen molar-refractivity contribution in [1.82, 2.24) is 20.0 Å². The number of halogens is 1. The molecule has 3 amide bonds. The van der Waals surface area contributed by atoms with Crippen LogP contribution in [-0.4, -0.2) is 126 Å². The number of carbonyl (C=O) groups excluding carboxylic acids is 4. The molecule has 0 aromatic heterocycles. The number of fused-ring (bicyclic) bond motifs is 2. The second-order valence-corrected chi connectivity index (χ2v) is 15.4. The Bertz CT molecular complexity index is 1720. The number of esters is 1. The zero-order chi connectivity index (χ0) is 37.1. The van der Waals surface area contributed by atoms with Gasteiger partial charge < -0.3 is 34.4 Å². The van der Waals surface area contributed by atoms with E-state index in [1.165, 1.54) is 4.90 Å². The summed E-state index contributed by atoms with van der Waals surface area (Å²) in [5, 5.41) is 13.9. The summed E-state index contributed by atoms with van der Waals surface area (Å²) < 4.78 is 19.1. The van der Waals surface area contributed by atoms with Crippen LogP contribution in [0.1, 0.15) is 37.0 Å². The third-order valence-corrected chi connectivity index (χ3v) is 11.8. The normalized spacial score (nSPS) is 32.2. The Hall–Kier alpha value is -3.88. The Balaban J connectivity index is 1.31. The third-order valence-electron chi connectivity index (χ3n) is 11.1. The molecule has 5 heterocycles. The van der Waals surface area contributed by atoms with Crippen molar-refractivity contribution in [2.24, 2.45) is 11.8 Å². The second-order valence-electron chi connectivity index (χ2n) is 14.5. The van der Waals surface area contributed by atoms with Crippen LogP contribution in [0.15, 0.2) is 83.4 Å². The molecule has 0 saturated carbocycles. The molecule has 12 nitrogen and oxygen atoms in total. The molecule has 7 rings (SSSR count). The number of nitrogens with one attached hydrogen (secondary N) is 1. The first-order valence-electron chi connectivity index (χ1n) is 18.5. The Morgan fingerprint density at radius 1 is 0.943 bits per heavy atom. The Kier molecular flexibility index (Phi) is 11.5. The number of nitrogens with zero attached hydrogens (tertiary/aromatic N) is 3. The number of hydrogen-bond donors (Lipinski definition) is 2. The van der Waals surface area contributed by atoms with Gasteiger partial charge in [0.15, 0.2) is 0 Å². The minimum atomic E-state index is -1.50. The van der Waals surface area contributed by atoms with E-state index in [1.54, 1.807) is 17.9 Å². The Morgan fingerprint density at radius 2 is 1.66 bits per heavy atom. The van der Waals surface area contributed by atoms with Crippen LogP contribution in [0.3, 0.4) is 0 Å². The van der Waals surface area contributed by atoms with Gasteiger partial charge in [-0.1, -0.05) is 88.7 Å². The highest BCUT2D eigenvalue weighted by Gasteiger charge is 2.75. The van der Waals surface area contributed by atoms with E-state index in [4.69, 9.17) is 14.2 Å². The van der Waals surface area contributed by atoms with Gasteiger partial charge in [0.2, 0.25) is 17.7 Å². The summed E-state index contributed by atoms with van der Waals surface area (Å²) in [5.41, 5.74) is 0.0790. The van der Waals surface area contributed by atoms with Crippen LogP contribution in [0.25, 0.3) is 0 Å². The molecule has 5 bridgehead atoms. The fourth-order valence-electron chi connectivity index (χ4n) is 8.53. The highest BCUT2D eigenvalue weighted by atomic mass is 79.9. The molecule has 3 saturated heterocycles. The van der Waals surface area contributed by atoms with E-state index in [9.17, 15) is 14.7 Å². The summed E-state index contributed by atoms with van der Waals surface area (Å²) in [6, 6.07) is 16.2. The van der Waals surface area contributed by atoms with Gasteiger partial charge in [-0.2, -0.15) is 0 Å². The maximum Gasteiger partial charge on any atom is 0.313 e. The first-order chi connectivity index (χ1) is 25.7. The lowest BCUT2D eigenvalue weighted by molar-refractivity contribution is -0.162. The average molecular weight is 792 g/mol. The number of allylic oxidation sites excluding steroid dienone is 1. The van der Waals surface area contributed by atoms with Gasteiger partial charge >= 0.3 is 5.97 Å². The molecule has 13 heteroatoms. The van der Waals surface area contributed by atoms with E-state index in [0.29, 0.717) is 49.2 Å². The van der Waals surface area contributed by atoms with Gasteiger partial charge in [-0.25, -0.2) is 0 Å². The average Bonchev–Trinajstić information content (AvgIpc) is 3.77. The van der Waals surface area contributed by atoms with Crippen LogP contribution in [0, 0.1) is 11.8 Å². The molecule has 2 aromatic rings. The van der Waals surface area contributed by atoms with Crippen molar-refractivity contribution < 1.29 is 38.5 Å². The number of likely N-dealkylation sites (tertiary alicyclic amines) is 1. The molecular formula is C40H47BrN4O8. The molecule has 0 aliphatic carbocycles. The molecule has 2 aromatic carbocycles. The molecular weight excluding hydrogens is 744 g/mol. The van der Waals surface area contributed by atoms with Gasteiger partial charge in [0, 0.05) is 43.6 Å². The Morgan fingerprint density at radius 3 is 2.38 bits per heavy atom. The van der Waals surface area contributed by atoms with Gasteiger partial charge in [0.25, 0.3) is 0 Å². The van der Waals surface area contributed by atoms with Gasteiger partial charge in [-0.15, -0.1) is 0 Å². The zero-order valence-corrected chi connectivity index (χ0v) is 31.4. The van der Waals surface area contributed by atoms with Gasteiger partial charge in [0.1, 0.15) is 29.8 Å². The summed E-state index contributed by atoms with van der Waals surface area (Å²) in [4.78, 5) is 63.3. The SMILES string of the molecule is C[C@@H]1NC(=O)CC/C=C\CN(CCN2CCOCC2)C(=O)[C@H]2N([C@@H](CO)Cc3ccccc3)C(=O)[C@@H]3[C@@H](C(=O)O[C@H]1c1ccccc1)[C@@H]1O[C@@]32C=C1Br.